The molecule has 0 aliphatic heterocycles. The Kier molecular flexibility index (Phi) is 4.30. The van der Waals surface area contributed by atoms with Crippen LogP contribution < -0.4 is 10.1 Å². The summed E-state index contributed by atoms with van der Waals surface area (Å²) in [7, 11) is 1.49. The maximum atomic E-state index is 12.9. The number of methoxy groups -OCH3 is 1. The summed E-state index contributed by atoms with van der Waals surface area (Å²) in [5.41, 5.74) is -0.264. The van der Waals surface area contributed by atoms with Gasteiger partial charge in [0.05, 0.1) is 12.8 Å². The molecule has 2 aromatic rings. The van der Waals surface area contributed by atoms with Gasteiger partial charge in [-0.3, -0.25) is 0 Å². The Hall–Kier alpha value is -2.31. The molecule has 21 heavy (non-hydrogen) atoms. The van der Waals surface area contributed by atoms with Crippen molar-refractivity contribution in [2.45, 2.75) is 13.1 Å². The molecule has 4 nitrogen and oxygen atoms in total. The van der Waals surface area contributed by atoms with Crippen LogP contribution in [0.2, 0.25) is 0 Å². The monoisotopic (exact) mass is 297 g/mol. The Morgan fingerprint density at radius 2 is 1.95 bits per heavy atom. The van der Waals surface area contributed by atoms with Gasteiger partial charge < -0.3 is 10.1 Å². The smallest absolute Gasteiger partial charge is 0.433 e. The Morgan fingerprint density at radius 1 is 1.19 bits per heavy atom. The summed E-state index contributed by atoms with van der Waals surface area (Å²) in [6.07, 6.45) is -4.53. The average molecular weight is 297 g/mol. The van der Waals surface area contributed by atoms with Crippen LogP contribution in [0.1, 0.15) is 12.6 Å². The van der Waals surface area contributed by atoms with Gasteiger partial charge >= 0.3 is 6.18 Å². The van der Waals surface area contributed by atoms with E-state index in [0.29, 0.717) is 17.9 Å². The minimum Gasteiger partial charge on any atom is -0.497 e. The maximum absolute atomic E-state index is 12.9. The van der Waals surface area contributed by atoms with Crippen molar-refractivity contribution in [2.24, 2.45) is 0 Å². The number of aromatic nitrogens is 2. The molecular formula is C14H14F3N3O. The van der Waals surface area contributed by atoms with Crippen molar-refractivity contribution in [3.8, 4) is 17.0 Å². The van der Waals surface area contributed by atoms with Crippen LogP contribution in [0.3, 0.4) is 0 Å². The van der Waals surface area contributed by atoms with Crippen LogP contribution >= 0.6 is 0 Å². The lowest BCUT2D eigenvalue weighted by Gasteiger charge is -2.11. The third-order valence-electron chi connectivity index (χ3n) is 2.72. The molecule has 0 radical (unpaired) electrons. The summed E-state index contributed by atoms with van der Waals surface area (Å²) in [6, 6.07) is 7.62. The van der Waals surface area contributed by atoms with E-state index < -0.39 is 11.9 Å². The summed E-state index contributed by atoms with van der Waals surface area (Å²) < 4.78 is 43.8. The van der Waals surface area contributed by atoms with Gasteiger partial charge in [-0.05, 0) is 25.1 Å². The molecule has 0 atom stereocenters. The first-order valence-electron chi connectivity index (χ1n) is 6.28. The molecule has 0 saturated carbocycles. The lowest BCUT2D eigenvalue weighted by atomic mass is 10.1. The molecule has 1 aromatic heterocycles. The van der Waals surface area contributed by atoms with E-state index in [1.54, 1.807) is 31.2 Å². The van der Waals surface area contributed by atoms with Gasteiger partial charge in [0, 0.05) is 12.1 Å². The molecule has 0 spiro atoms. The number of hydrogen-bond acceptors (Lipinski definition) is 4. The van der Waals surface area contributed by atoms with Gasteiger partial charge in [0.2, 0.25) is 5.95 Å². The predicted molar refractivity (Wildman–Crippen MR) is 73.2 cm³/mol. The highest BCUT2D eigenvalue weighted by Gasteiger charge is 2.33. The van der Waals surface area contributed by atoms with Crippen LogP contribution in [0.15, 0.2) is 30.3 Å². The van der Waals surface area contributed by atoms with E-state index >= 15 is 0 Å². The summed E-state index contributed by atoms with van der Waals surface area (Å²) in [6.45, 7) is 2.19. The number of nitrogens with zero attached hydrogens (tertiary/aromatic N) is 2. The lowest BCUT2D eigenvalue weighted by Crippen LogP contribution is -2.12. The van der Waals surface area contributed by atoms with Crippen LogP contribution in [-0.4, -0.2) is 23.6 Å². The standard InChI is InChI=1S/C14H14F3N3O/c1-3-18-13-19-11(8-12(20-13)14(15,16)17)9-5-4-6-10(7-9)21-2/h4-8H,3H2,1-2H3,(H,18,19,20). The fourth-order valence-electron chi connectivity index (χ4n) is 1.76. The molecule has 0 aliphatic carbocycles. The summed E-state index contributed by atoms with van der Waals surface area (Å²) in [5.74, 6) is 0.495. The second-order valence-electron chi connectivity index (χ2n) is 4.22. The fourth-order valence-corrected chi connectivity index (χ4v) is 1.76. The Labute approximate surface area is 120 Å². The topological polar surface area (TPSA) is 47.0 Å². The SMILES string of the molecule is CCNc1nc(-c2cccc(OC)c2)cc(C(F)(F)F)n1. The van der Waals surface area contributed by atoms with Crippen LogP contribution in [0.25, 0.3) is 11.3 Å². The van der Waals surface area contributed by atoms with Gasteiger partial charge in [-0.15, -0.1) is 0 Å². The molecule has 1 aromatic carbocycles. The molecule has 7 heteroatoms. The van der Waals surface area contributed by atoms with Crippen LogP contribution in [-0.2, 0) is 6.18 Å². The van der Waals surface area contributed by atoms with Crippen molar-refractivity contribution in [3.05, 3.63) is 36.0 Å². The van der Waals surface area contributed by atoms with E-state index in [0.717, 1.165) is 6.07 Å². The molecule has 0 amide bonds. The summed E-state index contributed by atoms with van der Waals surface area (Å²) in [5, 5.41) is 2.71. The lowest BCUT2D eigenvalue weighted by molar-refractivity contribution is -0.141. The third kappa shape index (κ3) is 3.62. The fraction of sp³-hybridized carbons (Fsp3) is 0.286. The van der Waals surface area contributed by atoms with Crippen LogP contribution in [0, 0.1) is 0 Å². The minimum absolute atomic E-state index is 0.0508. The molecule has 0 unspecified atom stereocenters. The molecule has 2 rings (SSSR count). The zero-order chi connectivity index (χ0) is 15.5. The van der Waals surface area contributed by atoms with Crippen LogP contribution in [0.4, 0.5) is 19.1 Å². The maximum Gasteiger partial charge on any atom is 0.433 e. The number of ether oxygens (including phenoxy) is 1. The van der Waals surface area contributed by atoms with Gasteiger partial charge in [0.25, 0.3) is 0 Å². The quantitative estimate of drug-likeness (QED) is 0.936. The number of nitrogens with one attached hydrogen (secondary N) is 1. The number of anilines is 1. The van der Waals surface area contributed by atoms with Crippen molar-refractivity contribution >= 4 is 5.95 Å². The van der Waals surface area contributed by atoms with Gasteiger partial charge in [-0.25, -0.2) is 9.97 Å². The minimum atomic E-state index is -4.53. The molecular weight excluding hydrogens is 283 g/mol. The van der Waals surface area contributed by atoms with Crippen molar-refractivity contribution in [3.63, 3.8) is 0 Å². The van der Waals surface area contributed by atoms with Gasteiger partial charge in [0.15, 0.2) is 5.69 Å². The van der Waals surface area contributed by atoms with Crippen LogP contribution in [0.5, 0.6) is 5.75 Å². The molecule has 1 heterocycles. The first-order chi connectivity index (χ1) is 9.94. The summed E-state index contributed by atoms with van der Waals surface area (Å²) in [4.78, 5) is 7.59. The second-order valence-corrected chi connectivity index (χ2v) is 4.22. The zero-order valence-electron chi connectivity index (χ0n) is 11.5. The molecule has 0 saturated heterocycles. The highest BCUT2D eigenvalue weighted by molar-refractivity contribution is 5.63. The molecule has 112 valence electrons. The molecule has 1 N–H and O–H groups in total. The Balaban J connectivity index is 2.53. The predicted octanol–water partition coefficient (Wildman–Crippen LogP) is 3.60. The van der Waals surface area contributed by atoms with Gasteiger partial charge in [0.1, 0.15) is 5.75 Å². The average Bonchev–Trinajstić information content (AvgIpc) is 2.46. The number of halogens is 3. The molecule has 0 fully saturated rings. The number of rotatable bonds is 4. The second kappa shape index (κ2) is 5.99. The van der Waals surface area contributed by atoms with Gasteiger partial charge in [-0.1, -0.05) is 12.1 Å². The third-order valence-corrected chi connectivity index (χ3v) is 2.72. The first kappa shape index (κ1) is 15.1. The molecule has 0 bridgehead atoms. The van der Waals surface area contributed by atoms with Crippen molar-refractivity contribution < 1.29 is 17.9 Å². The van der Waals surface area contributed by atoms with Gasteiger partial charge in [-0.2, -0.15) is 13.2 Å². The van der Waals surface area contributed by atoms with E-state index in [1.807, 2.05) is 0 Å². The number of alkyl halides is 3. The van der Waals surface area contributed by atoms with Crippen molar-refractivity contribution in [1.29, 1.82) is 0 Å². The van der Waals surface area contributed by atoms with E-state index in [4.69, 9.17) is 4.74 Å². The van der Waals surface area contributed by atoms with E-state index in [1.165, 1.54) is 7.11 Å². The molecule has 0 aliphatic rings. The largest absolute Gasteiger partial charge is 0.497 e. The first-order valence-corrected chi connectivity index (χ1v) is 6.28. The van der Waals surface area contributed by atoms with Crippen molar-refractivity contribution in [1.82, 2.24) is 9.97 Å². The van der Waals surface area contributed by atoms with E-state index in [-0.39, 0.29) is 11.6 Å². The van der Waals surface area contributed by atoms with E-state index in [9.17, 15) is 13.2 Å². The summed E-state index contributed by atoms with van der Waals surface area (Å²) >= 11 is 0. The highest BCUT2D eigenvalue weighted by Crippen LogP contribution is 2.31. The van der Waals surface area contributed by atoms with Crippen molar-refractivity contribution in [2.75, 3.05) is 19.0 Å². The highest BCUT2D eigenvalue weighted by atomic mass is 19.4. The Bertz CT molecular complexity index is 629. The Morgan fingerprint density at radius 3 is 2.57 bits per heavy atom. The van der Waals surface area contributed by atoms with E-state index in [2.05, 4.69) is 15.3 Å². The normalized spacial score (nSPS) is 11.3. The zero-order valence-corrected chi connectivity index (χ0v) is 11.5. The number of benzene rings is 1. The number of hydrogen-bond donors (Lipinski definition) is 1.